The fourth-order valence-corrected chi connectivity index (χ4v) is 4.01. The smallest absolute Gasteiger partial charge is 0.238 e. The van der Waals surface area contributed by atoms with Crippen LogP contribution < -0.4 is 5.32 Å². The van der Waals surface area contributed by atoms with E-state index in [0.29, 0.717) is 45.8 Å². The summed E-state index contributed by atoms with van der Waals surface area (Å²) in [6.07, 6.45) is 1.14. The van der Waals surface area contributed by atoms with E-state index in [-0.39, 0.29) is 17.9 Å². The fourth-order valence-electron chi connectivity index (χ4n) is 4.01. The molecule has 1 N–H and O–H groups in total. The molecular formula is C23H27N3O3. The molecule has 2 amide bonds. The zero-order valence-electron chi connectivity index (χ0n) is 16.5. The summed E-state index contributed by atoms with van der Waals surface area (Å²) in [5.41, 5.74) is 3.23. The molecule has 152 valence electrons. The maximum atomic E-state index is 12.8. The molecule has 1 fully saturated rings. The first-order valence-electron chi connectivity index (χ1n) is 10.2. The molecular weight excluding hydrogens is 366 g/mol. The Kier molecular flexibility index (Phi) is 6.22. The molecule has 2 aromatic carbocycles. The van der Waals surface area contributed by atoms with Crippen LogP contribution in [0, 0.1) is 0 Å². The number of para-hydroxylation sites is 1. The Bertz CT molecular complexity index is 847. The first-order chi connectivity index (χ1) is 14.2. The van der Waals surface area contributed by atoms with Crippen LogP contribution in [0.2, 0.25) is 0 Å². The molecule has 2 aliphatic heterocycles. The molecule has 2 aliphatic rings. The third-order valence-corrected chi connectivity index (χ3v) is 5.60. The number of benzene rings is 2. The van der Waals surface area contributed by atoms with Gasteiger partial charge in [0.1, 0.15) is 0 Å². The molecule has 1 saturated heterocycles. The van der Waals surface area contributed by atoms with Gasteiger partial charge >= 0.3 is 0 Å². The lowest BCUT2D eigenvalue weighted by Gasteiger charge is -2.35. The van der Waals surface area contributed by atoms with Gasteiger partial charge in [0, 0.05) is 31.9 Å². The second-order valence-electron chi connectivity index (χ2n) is 7.58. The van der Waals surface area contributed by atoms with E-state index >= 15 is 0 Å². The van der Waals surface area contributed by atoms with Gasteiger partial charge in [-0.05, 0) is 29.7 Å². The van der Waals surface area contributed by atoms with E-state index in [1.165, 1.54) is 5.56 Å². The summed E-state index contributed by atoms with van der Waals surface area (Å²) < 4.78 is 5.89. The van der Waals surface area contributed by atoms with Crippen LogP contribution in [0.1, 0.15) is 23.7 Å². The topological polar surface area (TPSA) is 61.9 Å². The maximum absolute atomic E-state index is 12.8. The molecule has 29 heavy (non-hydrogen) atoms. The lowest BCUT2D eigenvalue weighted by molar-refractivity contribution is -0.136. The molecule has 2 heterocycles. The highest BCUT2D eigenvalue weighted by Crippen LogP contribution is 2.30. The van der Waals surface area contributed by atoms with Crippen molar-refractivity contribution in [2.24, 2.45) is 0 Å². The SMILES string of the molecule is O=C(CN1CCN(C(=O)CC2OCCc3ccccc32)CC1)Nc1ccccc1. The van der Waals surface area contributed by atoms with Gasteiger partial charge in [-0.2, -0.15) is 0 Å². The number of ether oxygens (including phenoxy) is 1. The van der Waals surface area contributed by atoms with Crippen LogP contribution in [0.15, 0.2) is 54.6 Å². The van der Waals surface area contributed by atoms with Gasteiger partial charge < -0.3 is 15.0 Å². The molecule has 6 heteroatoms. The number of carbonyl (C=O) groups is 2. The van der Waals surface area contributed by atoms with Crippen molar-refractivity contribution in [1.29, 1.82) is 0 Å². The highest BCUT2D eigenvalue weighted by atomic mass is 16.5. The van der Waals surface area contributed by atoms with Gasteiger partial charge in [0.25, 0.3) is 0 Å². The van der Waals surface area contributed by atoms with Gasteiger partial charge in [-0.1, -0.05) is 42.5 Å². The van der Waals surface area contributed by atoms with Crippen molar-refractivity contribution in [3.05, 3.63) is 65.7 Å². The van der Waals surface area contributed by atoms with Crippen LogP contribution in [0.3, 0.4) is 0 Å². The third kappa shape index (κ3) is 5.02. The summed E-state index contributed by atoms with van der Waals surface area (Å²) in [6.45, 7) is 3.71. The Hall–Kier alpha value is -2.70. The van der Waals surface area contributed by atoms with Crippen molar-refractivity contribution in [2.75, 3.05) is 44.6 Å². The average Bonchev–Trinajstić information content (AvgIpc) is 2.75. The zero-order valence-corrected chi connectivity index (χ0v) is 16.5. The van der Waals surface area contributed by atoms with Crippen LogP contribution >= 0.6 is 0 Å². The van der Waals surface area contributed by atoms with Crippen molar-refractivity contribution in [1.82, 2.24) is 9.80 Å². The van der Waals surface area contributed by atoms with E-state index in [9.17, 15) is 9.59 Å². The van der Waals surface area contributed by atoms with Crippen molar-refractivity contribution >= 4 is 17.5 Å². The van der Waals surface area contributed by atoms with E-state index in [1.54, 1.807) is 0 Å². The lowest BCUT2D eigenvalue weighted by Crippen LogP contribution is -2.50. The number of amides is 2. The van der Waals surface area contributed by atoms with Gasteiger partial charge in [0.15, 0.2) is 0 Å². The first-order valence-corrected chi connectivity index (χ1v) is 10.2. The molecule has 2 aromatic rings. The Morgan fingerprint density at radius 1 is 0.966 bits per heavy atom. The number of carbonyl (C=O) groups excluding carboxylic acids is 2. The summed E-state index contributed by atoms with van der Waals surface area (Å²) in [6, 6.07) is 17.7. The number of hydrogen-bond donors (Lipinski definition) is 1. The van der Waals surface area contributed by atoms with Crippen molar-refractivity contribution in [3.63, 3.8) is 0 Å². The Balaban J connectivity index is 1.24. The predicted molar refractivity (Wildman–Crippen MR) is 112 cm³/mol. The number of anilines is 1. The van der Waals surface area contributed by atoms with Gasteiger partial charge in [-0.25, -0.2) is 0 Å². The van der Waals surface area contributed by atoms with Crippen LogP contribution in [-0.2, 0) is 20.7 Å². The highest BCUT2D eigenvalue weighted by molar-refractivity contribution is 5.92. The number of piperazine rings is 1. The summed E-state index contributed by atoms with van der Waals surface area (Å²) in [7, 11) is 0. The van der Waals surface area contributed by atoms with E-state index < -0.39 is 0 Å². The number of hydrogen-bond acceptors (Lipinski definition) is 4. The fraction of sp³-hybridized carbons (Fsp3) is 0.391. The summed E-state index contributed by atoms with van der Waals surface area (Å²) in [5.74, 6) is 0.100. The van der Waals surface area contributed by atoms with Crippen molar-refractivity contribution < 1.29 is 14.3 Å². The van der Waals surface area contributed by atoms with E-state index in [0.717, 1.165) is 17.7 Å². The Morgan fingerprint density at radius 2 is 1.69 bits per heavy atom. The molecule has 0 bridgehead atoms. The maximum Gasteiger partial charge on any atom is 0.238 e. The minimum Gasteiger partial charge on any atom is -0.373 e. The minimum atomic E-state index is -0.151. The monoisotopic (exact) mass is 393 g/mol. The van der Waals surface area contributed by atoms with Gasteiger partial charge in [0.05, 0.1) is 25.7 Å². The number of nitrogens with one attached hydrogen (secondary N) is 1. The first kappa shape index (κ1) is 19.6. The number of fused-ring (bicyclic) bond motifs is 1. The van der Waals surface area contributed by atoms with Gasteiger partial charge in [-0.3, -0.25) is 14.5 Å². The summed E-state index contributed by atoms with van der Waals surface area (Å²) >= 11 is 0. The van der Waals surface area contributed by atoms with E-state index in [1.807, 2.05) is 47.4 Å². The van der Waals surface area contributed by atoms with Gasteiger partial charge in [-0.15, -0.1) is 0 Å². The summed E-state index contributed by atoms with van der Waals surface area (Å²) in [5, 5.41) is 2.91. The molecule has 0 saturated carbocycles. The second-order valence-corrected chi connectivity index (χ2v) is 7.58. The van der Waals surface area contributed by atoms with Crippen molar-refractivity contribution in [2.45, 2.75) is 18.9 Å². The average molecular weight is 393 g/mol. The molecule has 4 rings (SSSR count). The lowest BCUT2D eigenvalue weighted by atomic mass is 9.95. The van der Waals surface area contributed by atoms with Crippen LogP contribution in [-0.4, -0.2) is 60.9 Å². The molecule has 1 unspecified atom stereocenters. The van der Waals surface area contributed by atoms with Crippen LogP contribution in [0.4, 0.5) is 5.69 Å². The second kappa shape index (κ2) is 9.20. The molecule has 6 nitrogen and oxygen atoms in total. The Morgan fingerprint density at radius 3 is 2.48 bits per heavy atom. The highest BCUT2D eigenvalue weighted by Gasteiger charge is 2.28. The standard InChI is InChI=1S/C23H27N3O3/c27-22(24-19-7-2-1-3-8-19)17-25-11-13-26(14-12-25)23(28)16-21-20-9-5-4-6-18(20)10-15-29-21/h1-9,21H,10-17H2,(H,24,27). The van der Waals surface area contributed by atoms with Gasteiger partial charge in [0.2, 0.25) is 11.8 Å². The molecule has 0 aliphatic carbocycles. The zero-order chi connectivity index (χ0) is 20.1. The number of rotatable bonds is 5. The quantitative estimate of drug-likeness (QED) is 0.848. The van der Waals surface area contributed by atoms with E-state index in [2.05, 4.69) is 22.3 Å². The molecule has 0 spiro atoms. The summed E-state index contributed by atoms with van der Waals surface area (Å²) in [4.78, 5) is 29.0. The molecule has 0 radical (unpaired) electrons. The normalized spacial score (nSPS) is 19.4. The molecule has 1 atom stereocenters. The van der Waals surface area contributed by atoms with Crippen LogP contribution in [0.25, 0.3) is 0 Å². The number of nitrogens with zero attached hydrogens (tertiary/aromatic N) is 2. The Labute approximate surface area is 171 Å². The molecule has 0 aromatic heterocycles. The minimum absolute atomic E-state index is 0.0248. The predicted octanol–water partition coefficient (Wildman–Crippen LogP) is 2.47. The largest absolute Gasteiger partial charge is 0.373 e. The van der Waals surface area contributed by atoms with Crippen molar-refractivity contribution in [3.8, 4) is 0 Å². The van der Waals surface area contributed by atoms with Crippen LogP contribution in [0.5, 0.6) is 0 Å². The van der Waals surface area contributed by atoms with E-state index in [4.69, 9.17) is 4.74 Å². The third-order valence-electron chi connectivity index (χ3n) is 5.60.